The van der Waals surface area contributed by atoms with Crippen LogP contribution in [0.3, 0.4) is 0 Å². The lowest BCUT2D eigenvalue weighted by Gasteiger charge is -2.28. The van der Waals surface area contributed by atoms with Gasteiger partial charge in [-0.1, -0.05) is 12.2 Å². The van der Waals surface area contributed by atoms with Crippen LogP contribution >= 0.6 is 24.0 Å². The third-order valence-electron chi connectivity index (χ3n) is 1.68. The van der Waals surface area contributed by atoms with E-state index in [1.807, 2.05) is 27.0 Å². The maximum absolute atomic E-state index is 5.68. The molecule has 0 fully saturated rings. The minimum Gasteiger partial charge on any atom is -0.374 e. The Balaban J connectivity index is 4.51. The average molecular weight is 268 g/mol. The molecule has 0 aliphatic rings. The van der Waals surface area contributed by atoms with Crippen molar-refractivity contribution >= 4 is 37.0 Å². The van der Waals surface area contributed by atoms with E-state index in [9.17, 15) is 0 Å². The summed E-state index contributed by atoms with van der Waals surface area (Å²) in [4.78, 5) is 0. The van der Waals surface area contributed by atoms with Crippen LogP contribution in [0, 0.1) is 0 Å². The molecule has 15 heavy (non-hydrogen) atoms. The molecule has 3 nitrogen and oxygen atoms in total. The summed E-state index contributed by atoms with van der Waals surface area (Å²) in [7, 11) is -2.54. The Hall–Kier alpha value is 0.537. The van der Waals surface area contributed by atoms with E-state index in [0.717, 1.165) is 4.20 Å². The molecule has 0 radical (unpaired) electrons. The third kappa shape index (κ3) is 5.99. The third-order valence-corrected chi connectivity index (χ3v) is 6.41. The lowest BCUT2D eigenvalue weighted by atomic mass is 10.9. The normalized spacial score (nSPS) is 11.7. The molecule has 0 unspecified atom stereocenters. The molecule has 6 heteroatoms. The highest BCUT2D eigenvalue weighted by Gasteiger charge is 2.41. The Bertz CT molecular complexity index is 173. The van der Waals surface area contributed by atoms with Gasteiger partial charge in [0.2, 0.25) is 0 Å². The van der Waals surface area contributed by atoms with Crippen LogP contribution in [0.2, 0.25) is 6.04 Å². The SMILES string of the molecule is CCO[Si](CC(=S)SC)(OCC)OCC. The van der Waals surface area contributed by atoms with Crippen LogP contribution in [-0.2, 0) is 13.3 Å². The van der Waals surface area contributed by atoms with E-state index in [-0.39, 0.29) is 0 Å². The number of rotatable bonds is 8. The fourth-order valence-electron chi connectivity index (χ4n) is 1.19. The number of thioether (sulfide) groups is 1. The fourth-order valence-corrected chi connectivity index (χ4v) is 5.05. The van der Waals surface area contributed by atoms with Gasteiger partial charge in [0.1, 0.15) is 0 Å². The van der Waals surface area contributed by atoms with Crippen LogP contribution in [0.25, 0.3) is 0 Å². The highest BCUT2D eigenvalue weighted by atomic mass is 32.2. The van der Waals surface area contributed by atoms with E-state index >= 15 is 0 Å². The average Bonchev–Trinajstić information content (AvgIpc) is 2.18. The van der Waals surface area contributed by atoms with Crippen LogP contribution < -0.4 is 0 Å². The van der Waals surface area contributed by atoms with Crippen molar-refractivity contribution in [3.05, 3.63) is 0 Å². The smallest absolute Gasteiger partial charge is 0.374 e. The second-order valence-electron chi connectivity index (χ2n) is 2.73. The molecule has 0 aromatic rings. The van der Waals surface area contributed by atoms with E-state index in [4.69, 9.17) is 25.5 Å². The molecule has 0 bridgehead atoms. The van der Waals surface area contributed by atoms with Crippen molar-refractivity contribution in [2.24, 2.45) is 0 Å². The lowest BCUT2D eigenvalue weighted by Crippen LogP contribution is -2.47. The first-order valence-corrected chi connectivity index (χ1v) is 8.69. The van der Waals surface area contributed by atoms with Crippen molar-refractivity contribution in [2.75, 3.05) is 26.1 Å². The van der Waals surface area contributed by atoms with Crippen LogP contribution in [0.1, 0.15) is 20.8 Å². The monoisotopic (exact) mass is 268 g/mol. The minimum atomic E-state index is -2.54. The fraction of sp³-hybridized carbons (Fsp3) is 0.889. The van der Waals surface area contributed by atoms with Gasteiger partial charge in [0.15, 0.2) is 0 Å². The molecule has 90 valence electrons. The summed E-state index contributed by atoms with van der Waals surface area (Å²) in [5.74, 6) is 0. The van der Waals surface area contributed by atoms with Gasteiger partial charge in [-0.3, -0.25) is 0 Å². The number of hydrogen-bond acceptors (Lipinski definition) is 5. The summed E-state index contributed by atoms with van der Waals surface area (Å²) in [6, 6.07) is 0.624. The Labute approximate surface area is 103 Å². The second-order valence-corrected chi connectivity index (χ2v) is 6.97. The van der Waals surface area contributed by atoms with Crippen LogP contribution in [0.5, 0.6) is 0 Å². The maximum Gasteiger partial charge on any atom is 0.506 e. The van der Waals surface area contributed by atoms with Crippen molar-refractivity contribution in [2.45, 2.75) is 26.8 Å². The van der Waals surface area contributed by atoms with Crippen LogP contribution in [0.4, 0.5) is 0 Å². The molecule has 0 saturated heterocycles. The van der Waals surface area contributed by atoms with Gasteiger partial charge in [-0.05, 0) is 27.0 Å². The molecule has 0 amide bonds. The van der Waals surface area contributed by atoms with Gasteiger partial charge in [-0.2, -0.15) is 0 Å². The molecule has 0 aliphatic carbocycles. The lowest BCUT2D eigenvalue weighted by molar-refractivity contribution is 0.0756. The largest absolute Gasteiger partial charge is 0.506 e. The van der Waals surface area contributed by atoms with E-state index in [1.54, 1.807) is 11.8 Å². The summed E-state index contributed by atoms with van der Waals surface area (Å²) < 4.78 is 17.9. The van der Waals surface area contributed by atoms with E-state index in [0.29, 0.717) is 25.9 Å². The van der Waals surface area contributed by atoms with E-state index in [1.165, 1.54) is 0 Å². The molecule has 0 aromatic heterocycles. The molecule has 0 heterocycles. The molecular formula is C9H20O3S2Si. The summed E-state index contributed by atoms with van der Waals surface area (Å²) in [6.07, 6.45) is 1.96. The minimum absolute atomic E-state index is 0.600. The van der Waals surface area contributed by atoms with Gasteiger partial charge in [0, 0.05) is 19.8 Å². The van der Waals surface area contributed by atoms with Gasteiger partial charge in [0.05, 0.1) is 10.2 Å². The van der Waals surface area contributed by atoms with Gasteiger partial charge in [-0.25, -0.2) is 0 Å². The topological polar surface area (TPSA) is 27.7 Å². The molecular weight excluding hydrogens is 248 g/mol. The molecule has 0 atom stereocenters. The molecule has 0 aliphatic heterocycles. The Kier molecular flexibility index (Phi) is 8.97. The maximum atomic E-state index is 5.68. The van der Waals surface area contributed by atoms with Gasteiger partial charge in [0.25, 0.3) is 0 Å². The summed E-state index contributed by atoms with van der Waals surface area (Å²) in [6.45, 7) is 7.64. The van der Waals surface area contributed by atoms with Gasteiger partial charge < -0.3 is 13.3 Å². The van der Waals surface area contributed by atoms with Gasteiger partial charge in [-0.15, -0.1) is 11.8 Å². The molecule has 0 N–H and O–H groups in total. The quantitative estimate of drug-likeness (QED) is 0.498. The first-order valence-electron chi connectivity index (χ1n) is 5.12. The Morgan fingerprint density at radius 2 is 1.47 bits per heavy atom. The predicted octanol–water partition coefficient (Wildman–Crippen LogP) is 2.73. The zero-order chi connectivity index (χ0) is 11.7. The molecule has 0 aromatic carbocycles. The molecule has 0 rings (SSSR count). The van der Waals surface area contributed by atoms with Crippen molar-refractivity contribution in [3.8, 4) is 0 Å². The zero-order valence-corrected chi connectivity index (χ0v) is 12.5. The van der Waals surface area contributed by atoms with Crippen molar-refractivity contribution in [1.82, 2.24) is 0 Å². The summed E-state index contributed by atoms with van der Waals surface area (Å²) in [5.41, 5.74) is 0. The summed E-state index contributed by atoms with van der Waals surface area (Å²) >= 11 is 6.76. The Morgan fingerprint density at radius 3 is 1.73 bits per heavy atom. The van der Waals surface area contributed by atoms with E-state index < -0.39 is 8.80 Å². The standard InChI is InChI=1S/C9H20O3S2Si/c1-5-10-15(11-6-2,12-7-3)8-9(13)14-4/h5-8H2,1-4H3. The zero-order valence-electron chi connectivity index (χ0n) is 9.87. The second kappa shape index (κ2) is 8.66. The summed E-state index contributed by atoms with van der Waals surface area (Å²) in [5, 5.41) is 0. The highest BCUT2D eigenvalue weighted by Crippen LogP contribution is 2.20. The first-order chi connectivity index (χ1) is 7.14. The highest BCUT2D eigenvalue weighted by molar-refractivity contribution is 8.22. The number of thiocarbonyl (C=S) groups is 1. The van der Waals surface area contributed by atoms with Crippen molar-refractivity contribution in [1.29, 1.82) is 0 Å². The number of hydrogen-bond donors (Lipinski definition) is 0. The van der Waals surface area contributed by atoms with Crippen LogP contribution in [0.15, 0.2) is 0 Å². The van der Waals surface area contributed by atoms with Gasteiger partial charge >= 0.3 is 8.80 Å². The van der Waals surface area contributed by atoms with Crippen molar-refractivity contribution in [3.63, 3.8) is 0 Å². The molecule has 0 saturated carbocycles. The van der Waals surface area contributed by atoms with Crippen LogP contribution in [-0.4, -0.2) is 39.1 Å². The Morgan fingerprint density at radius 1 is 1.07 bits per heavy atom. The van der Waals surface area contributed by atoms with E-state index in [2.05, 4.69) is 0 Å². The molecule has 0 spiro atoms. The first kappa shape index (κ1) is 15.5. The van der Waals surface area contributed by atoms with Crippen molar-refractivity contribution < 1.29 is 13.3 Å². The predicted molar refractivity (Wildman–Crippen MR) is 71.6 cm³/mol.